The molecule has 4 rings (SSSR count). The second kappa shape index (κ2) is 10.8. The number of imidazole rings is 1. The van der Waals surface area contributed by atoms with Crippen LogP contribution in [-0.2, 0) is 28.2 Å². The molecule has 0 bridgehead atoms. The van der Waals surface area contributed by atoms with Gasteiger partial charge in [0.1, 0.15) is 32.1 Å². The zero-order valence-corrected chi connectivity index (χ0v) is 20.6. The summed E-state index contributed by atoms with van der Waals surface area (Å²) in [5.41, 5.74) is -0.633. The van der Waals surface area contributed by atoms with Gasteiger partial charge in [0.2, 0.25) is 5.92 Å². The number of halogens is 3. The Bertz CT molecular complexity index is 1090. The quantitative estimate of drug-likeness (QED) is 0.346. The van der Waals surface area contributed by atoms with E-state index in [4.69, 9.17) is 4.74 Å². The summed E-state index contributed by atoms with van der Waals surface area (Å²) in [5.74, 6) is -3.67. The highest BCUT2D eigenvalue weighted by molar-refractivity contribution is 5.81. The van der Waals surface area contributed by atoms with Crippen LogP contribution in [0.5, 0.6) is 0 Å². The number of hydrogen-bond acceptors (Lipinski definition) is 3. The van der Waals surface area contributed by atoms with Gasteiger partial charge in [0, 0.05) is 25.7 Å². The third-order valence-corrected chi connectivity index (χ3v) is 6.54. The van der Waals surface area contributed by atoms with E-state index in [0.717, 1.165) is 12.4 Å². The molecule has 0 unspecified atom stereocenters. The second-order valence-electron chi connectivity index (χ2n) is 8.72. The number of aromatic nitrogens is 2. The summed E-state index contributed by atoms with van der Waals surface area (Å²) < 4.78 is 37.3. The SMILES string of the molecule is Cc1n(CCOC(=O)[C@](O)(c2ccccc2)[C@@H]2CCC(F)(F)C2)cc[n+]1Cc1ccccc1.[Br-]. The number of aliphatic hydroxyl groups is 1. The average Bonchev–Trinajstić information content (AvgIpc) is 3.36. The molecule has 1 saturated carbocycles. The minimum Gasteiger partial charge on any atom is -1.00 e. The number of ether oxygens (including phenoxy) is 1. The Morgan fingerprint density at radius 2 is 1.82 bits per heavy atom. The number of rotatable bonds is 8. The van der Waals surface area contributed by atoms with Crippen molar-refractivity contribution in [3.8, 4) is 0 Å². The van der Waals surface area contributed by atoms with E-state index < -0.39 is 29.8 Å². The van der Waals surface area contributed by atoms with E-state index >= 15 is 0 Å². The molecule has 1 heterocycles. The molecule has 1 aliphatic carbocycles. The fourth-order valence-electron chi connectivity index (χ4n) is 4.59. The summed E-state index contributed by atoms with van der Waals surface area (Å²) >= 11 is 0. The lowest BCUT2D eigenvalue weighted by Gasteiger charge is -2.32. The Morgan fingerprint density at radius 1 is 1.18 bits per heavy atom. The largest absolute Gasteiger partial charge is 1.00 e. The van der Waals surface area contributed by atoms with Crippen molar-refractivity contribution in [3.63, 3.8) is 0 Å². The van der Waals surface area contributed by atoms with E-state index in [1.807, 2.05) is 42.1 Å². The molecule has 1 N–H and O–H groups in total. The van der Waals surface area contributed by atoms with E-state index in [9.17, 15) is 18.7 Å². The molecule has 1 aliphatic rings. The predicted molar refractivity (Wildman–Crippen MR) is 118 cm³/mol. The fraction of sp³-hybridized carbons (Fsp3) is 0.385. The smallest absolute Gasteiger partial charge is 0.343 e. The van der Waals surface area contributed by atoms with Crippen LogP contribution in [0.3, 0.4) is 0 Å². The van der Waals surface area contributed by atoms with Crippen LogP contribution in [-0.4, -0.2) is 28.2 Å². The molecular weight excluding hydrogens is 506 g/mol. The minimum absolute atomic E-state index is 0. The number of nitrogens with zero attached hydrogens (tertiary/aromatic N) is 2. The van der Waals surface area contributed by atoms with E-state index in [-0.39, 0.29) is 42.0 Å². The fourth-order valence-corrected chi connectivity index (χ4v) is 4.59. The highest BCUT2D eigenvalue weighted by Crippen LogP contribution is 2.47. The van der Waals surface area contributed by atoms with Crippen molar-refractivity contribution in [1.29, 1.82) is 0 Å². The molecular formula is C26H29BrF2N2O3. The Balaban J connectivity index is 0.00000324. The zero-order valence-electron chi connectivity index (χ0n) is 19.0. The minimum atomic E-state index is -2.89. The lowest BCUT2D eigenvalue weighted by atomic mass is 9.80. The van der Waals surface area contributed by atoms with Crippen molar-refractivity contribution in [3.05, 3.63) is 90.0 Å². The lowest BCUT2D eigenvalue weighted by Crippen LogP contribution is -3.00. The molecule has 1 aromatic heterocycles. The van der Waals surface area contributed by atoms with Gasteiger partial charge in [-0.05, 0) is 17.5 Å². The van der Waals surface area contributed by atoms with Gasteiger partial charge in [-0.15, -0.1) is 0 Å². The summed E-state index contributed by atoms with van der Waals surface area (Å²) in [7, 11) is 0. The van der Waals surface area contributed by atoms with E-state index in [0.29, 0.717) is 6.54 Å². The molecule has 0 amide bonds. The summed E-state index contributed by atoms with van der Waals surface area (Å²) in [5, 5.41) is 11.4. The highest BCUT2D eigenvalue weighted by atomic mass is 79.9. The molecule has 34 heavy (non-hydrogen) atoms. The van der Waals surface area contributed by atoms with Gasteiger partial charge in [0.25, 0.3) is 5.82 Å². The standard InChI is InChI=1S/C26H29F2N2O3.BrH/c1-20-29(14-15-30(20)19-21-8-4-2-5-9-21)16-17-33-24(31)26(32,22-10-6-3-7-11-22)23-12-13-25(27,28)18-23;/h2-11,14-15,23,32H,12-13,16-19H2,1H3;1H/q+1;/p-1/t23-,26+;/m1./s1. The van der Waals surface area contributed by atoms with Gasteiger partial charge in [-0.2, -0.15) is 0 Å². The number of alkyl halides is 2. The van der Waals surface area contributed by atoms with Gasteiger partial charge in [0.15, 0.2) is 5.60 Å². The molecule has 0 aliphatic heterocycles. The van der Waals surface area contributed by atoms with Crippen LogP contribution in [0.15, 0.2) is 73.1 Å². The third kappa shape index (κ3) is 5.55. The second-order valence-corrected chi connectivity index (χ2v) is 8.72. The van der Waals surface area contributed by atoms with Gasteiger partial charge in [-0.25, -0.2) is 22.7 Å². The Hall–Kier alpha value is -2.58. The maximum absolute atomic E-state index is 13.9. The summed E-state index contributed by atoms with van der Waals surface area (Å²) in [6.07, 6.45) is 3.05. The average molecular weight is 535 g/mol. The summed E-state index contributed by atoms with van der Waals surface area (Å²) in [6.45, 7) is 3.12. The monoisotopic (exact) mass is 534 g/mol. The van der Waals surface area contributed by atoms with Crippen molar-refractivity contribution in [1.82, 2.24) is 4.57 Å². The molecule has 2 aromatic carbocycles. The van der Waals surface area contributed by atoms with Crippen molar-refractivity contribution >= 4 is 5.97 Å². The molecule has 8 heteroatoms. The Morgan fingerprint density at radius 3 is 2.44 bits per heavy atom. The molecule has 2 atom stereocenters. The number of carbonyl (C=O) groups excluding carboxylic acids is 1. The number of carbonyl (C=O) groups is 1. The van der Waals surface area contributed by atoms with Crippen LogP contribution >= 0.6 is 0 Å². The Labute approximate surface area is 208 Å². The van der Waals surface area contributed by atoms with Gasteiger partial charge in [0.05, 0.1) is 0 Å². The zero-order chi connectivity index (χ0) is 23.5. The molecule has 0 saturated heterocycles. The topological polar surface area (TPSA) is 55.3 Å². The first-order valence-electron chi connectivity index (χ1n) is 11.2. The molecule has 1 fully saturated rings. The highest BCUT2D eigenvalue weighted by Gasteiger charge is 2.54. The van der Waals surface area contributed by atoms with Crippen LogP contribution in [0.2, 0.25) is 0 Å². The third-order valence-electron chi connectivity index (χ3n) is 6.54. The lowest BCUT2D eigenvalue weighted by molar-refractivity contribution is -0.694. The Kier molecular flexibility index (Phi) is 8.25. The molecule has 3 aromatic rings. The van der Waals surface area contributed by atoms with E-state index in [1.165, 1.54) is 5.56 Å². The van der Waals surface area contributed by atoms with Crippen molar-refractivity contribution in [2.75, 3.05) is 6.61 Å². The summed E-state index contributed by atoms with van der Waals surface area (Å²) in [6, 6.07) is 18.4. The predicted octanol–water partition coefficient (Wildman–Crippen LogP) is 1.00. The van der Waals surface area contributed by atoms with Gasteiger partial charge < -0.3 is 26.8 Å². The molecule has 0 radical (unpaired) electrons. The normalized spacial score (nSPS) is 18.6. The van der Waals surface area contributed by atoms with Gasteiger partial charge >= 0.3 is 5.97 Å². The van der Waals surface area contributed by atoms with Crippen LogP contribution in [0.1, 0.15) is 36.2 Å². The van der Waals surface area contributed by atoms with E-state index in [1.54, 1.807) is 30.3 Å². The maximum atomic E-state index is 13.9. The molecule has 5 nitrogen and oxygen atoms in total. The number of hydrogen-bond donors (Lipinski definition) is 1. The van der Waals surface area contributed by atoms with Crippen LogP contribution in [0, 0.1) is 12.8 Å². The first-order valence-corrected chi connectivity index (χ1v) is 11.2. The van der Waals surface area contributed by atoms with Crippen LogP contribution in [0.25, 0.3) is 0 Å². The first-order chi connectivity index (χ1) is 15.8. The molecule has 182 valence electrons. The number of benzene rings is 2. The van der Waals surface area contributed by atoms with Gasteiger partial charge in [-0.1, -0.05) is 60.7 Å². The maximum Gasteiger partial charge on any atom is 0.343 e. The first kappa shape index (κ1) is 26.0. The van der Waals surface area contributed by atoms with Crippen LogP contribution < -0.4 is 21.5 Å². The van der Waals surface area contributed by atoms with Crippen molar-refractivity contribution < 1.29 is 45.0 Å². The van der Waals surface area contributed by atoms with Crippen LogP contribution in [0.4, 0.5) is 8.78 Å². The number of esters is 1. The summed E-state index contributed by atoms with van der Waals surface area (Å²) in [4.78, 5) is 13.1. The molecule has 0 spiro atoms. The van der Waals surface area contributed by atoms with Gasteiger partial charge in [-0.3, -0.25) is 0 Å². The van der Waals surface area contributed by atoms with E-state index in [2.05, 4.69) is 16.7 Å². The van der Waals surface area contributed by atoms with Crippen molar-refractivity contribution in [2.45, 2.75) is 50.8 Å². The van der Waals surface area contributed by atoms with Crippen molar-refractivity contribution in [2.24, 2.45) is 5.92 Å².